The molecule has 0 aliphatic carbocycles. The number of benzene rings is 1. The van der Waals surface area contributed by atoms with Gasteiger partial charge < -0.3 is 9.64 Å². The first-order valence-corrected chi connectivity index (χ1v) is 8.36. The number of rotatable bonds is 4. The number of aromatic nitrogens is 2. The van der Waals surface area contributed by atoms with E-state index in [1.54, 1.807) is 12.1 Å². The summed E-state index contributed by atoms with van der Waals surface area (Å²) in [6.45, 7) is 4.81. The van der Waals surface area contributed by atoms with Crippen molar-refractivity contribution in [3.8, 4) is 5.88 Å². The van der Waals surface area contributed by atoms with Gasteiger partial charge in [0, 0.05) is 12.1 Å². The molecule has 4 nitrogen and oxygen atoms in total. The van der Waals surface area contributed by atoms with Crippen molar-refractivity contribution in [1.82, 2.24) is 8.75 Å². The van der Waals surface area contributed by atoms with Gasteiger partial charge in [-0.15, -0.1) is 4.37 Å². The Bertz CT molecular complexity index is 606. The summed E-state index contributed by atoms with van der Waals surface area (Å²) in [7, 11) is 0. The van der Waals surface area contributed by atoms with Crippen molar-refractivity contribution in [3.05, 3.63) is 35.6 Å². The van der Waals surface area contributed by atoms with E-state index in [9.17, 15) is 4.39 Å². The van der Waals surface area contributed by atoms with Gasteiger partial charge in [0.2, 0.25) is 5.82 Å². The van der Waals surface area contributed by atoms with Gasteiger partial charge in [-0.3, -0.25) is 0 Å². The number of hydrogen-bond acceptors (Lipinski definition) is 5. The second-order valence-corrected chi connectivity index (χ2v) is 6.37. The van der Waals surface area contributed by atoms with Crippen LogP contribution < -0.4 is 9.64 Å². The Kier molecular flexibility index (Phi) is 4.57. The molecule has 6 heteroatoms. The van der Waals surface area contributed by atoms with E-state index in [1.807, 2.05) is 0 Å². The molecule has 0 radical (unpaired) electrons. The fourth-order valence-electron chi connectivity index (χ4n) is 3.00. The molecule has 1 aromatic heterocycles. The van der Waals surface area contributed by atoms with Crippen molar-refractivity contribution in [2.45, 2.75) is 51.8 Å². The fraction of sp³-hybridized carbons (Fsp3) is 0.500. The highest BCUT2D eigenvalue weighted by atomic mass is 32.1. The first-order chi connectivity index (χ1) is 10.6. The van der Waals surface area contributed by atoms with Gasteiger partial charge in [-0.1, -0.05) is 12.1 Å². The smallest absolute Gasteiger partial charge is 0.271 e. The molecule has 1 aliphatic heterocycles. The van der Waals surface area contributed by atoms with Gasteiger partial charge in [-0.05, 0) is 50.8 Å². The zero-order valence-corrected chi connectivity index (χ0v) is 13.6. The highest BCUT2D eigenvalue weighted by Crippen LogP contribution is 2.34. The summed E-state index contributed by atoms with van der Waals surface area (Å²) in [5, 5.41) is 0. The van der Waals surface area contributed by atoms with E-state index >= 15 is 0 Å². The third kappa shape index (κ3) is 3.21. The van der Waals surface area contributed by atoms with Crippen molar-refractivity contribution in [2.24, 2.45) is 0 Å². The Morgan fingerprint density at radius 1 is 1.18 bits per heavy atom. The van der Waals surface area contributed by atoms with Crippen molar-refractivity contribution >= 4 is 17.5 Å². The minimum atomic E-state index is -0.240. The molecule has 1 aliphatic rings. The minimum absolute atomic E-state index is 0.240. The van der Waals surface area contributed by atoms with E-state index in [0.717, 1.165) is 11.4 Å². The van der Waals surface area contributed by atoms with E-state index in [0.29, 0.717) is 24.6 Å². The molecule has 2 heterocycles. The third-order valence-corrected chi connectivity index (χ3v) is 4.67. The van der Waals surface area contributed by atoms with Crippen molar-refractivity contribution in [1.29, 1.82) is 0 Å². The number of anilines is 1. The fourth-order valence-corrected chi connectivity index (χ4v) is 3.49. The van der Waals surface area contributed by atoms with Crippen molar-refractivity contribution in [3.63, 3.8) is 0 Å². The van der Waals surface area contributed by atoms with Crippen LogP contribution in [0.4, 0.5) is 10.2 Å². The predicted molar refractivity (Wildman–Crippen MR) is 85.9 cm³/mol. The zero-order valence-electron chi connectivity index (χ0n) is 12.8. The van der Waals surface area contributed by atoms with Crippen LogP contribution in [0, 0.1) is 5.82 Å². The zero-order chi connectivity index (χ0) is 15.5. The lowest BCUT2D eigenvalue weighted by Crippen LogP contribution is -2.44. The van der Waals surface area contributed by atoms with E-state index in [1.165, 1.54) is 43.1 Å². The van der Waals surface area contributed by atoms with Gasteiger partial charge in [0.05, 0.1) is 11.7 Å². The van der Waals surface area contributed by atoms with Crippen LogP contribution in [-0.2, 0) is 6.61 Å². The highest BCUT2D eigenvalue weighted by molar-refractivity contribution is 6.99. The number of halogens is 1. The van der Waals surface area contributed by atoms with Gasteiger partial charge in [-0.2, -0.15) is 4.37 Å². The number of piperidine rings is 1. The molecule has 0 spiro atoms. The van der Waals surface area contributed by atoms with Crippen molar-refractivity contribution < 1.29 is 9.13 Å². The first-order valence-electron chi connectivity index (χ1n) is 7.63. The van der Waals surface area contributed by atoms with Crippen LogP contribution in [0.15, 0.2) is 24.3 Å². The Hall–Kier alpha value is -1.69. The summed E-state index contributed by atoms with van der Waals surface area (Å²) in [5.41, 5.74) is 0.917. The van der Waals surface area contributed by atoms with Gasteiger partial charge in [0.25, 0.3) is 5.88 Å². The first kappa shape index (κ1) is 15.2. The van der Waals surface area contributed by atoms with Crippen LogP contribution in [0.3, 0.4) is 0 Å². The summed E-state index contributed by atoms with van der Waals surface area (Å²) in [4.78, 5) is 2.31. The second kappa shape index (κ2) is 6.60. The third-order valence-electron chi connectivity index (χ3n) is 4.17. The van der Waals surface area contributed by atoms with Crippen LogP contribution in [0.1, 0.15) is 38.7 Å². The van der Waals surface area contributed by atoms with E-state index in [-0.39, 0.29) is 5.82 Å². The molecule has 1 fully saturated rings. The summed E-state index contributed by atoms with van der Waals surface area (Å²) in [6, 6.07) is 7.21. The number of ether oxygens (including phenoxy) is 1. The van der Waals surface area contributed by atoms with Gasteiger partial charge in [-0.25, -0.2) is 4.39 Å². The Morgan fingerprint density at radius 3 is 2.55 bits per heavy atom. The molecule has 2 aromatic rings. The minimum Gasteiger partial charge on any atom is -0.470 e. The van der Waals surface area contributed by atoms with Crippen LogP contribution in [0.2, 0.25) is 0 Å². The molecule has 3 rings (SSSR count). The Morgan fingerprint density at radius 2 is 1.86 bits per heavy atom. The maximum Gasteiger partial charge on any atom is 0.271 e. The van der Waals surface area contributed by atoms with Gasteiger partial charge >= 0.3 is 0 Å². The van der Waals surface area contributed by atoms with E-state index in [2.05, 4.69) is 27.5 Å². The summed E-state index contributed by atoms with van der Waals surface area (Å²) < 4.78 is 27.5. The lowest BCUT2D eigenvalue weighted by molar-refractivity contribution is 0.293. The van der Waals surface area contributed by atoms with Crippen LogP contribution >= 0.6 is 11.7 Å². The van der Waals surface area contributed by atoms with Gasteiger partial charge in [0.15, 0.2) is 0 Å². The van der Waals surface area contributed by atoms with Gasteiger partial charge in [0.1, 0.15) is 12.4 Å². The monoisotopic (exact) mass is 321 g/mol. The predicted octanol–water partition coefficient (Wildman–Crippen LogP) is 4.02. The van der Waals surface area contributed by atoms with Crippen molar-refractivity contribution in [2.75, 3.05) is 4.90 Å². The standard InChI is InChI=1S/C16H20FN3OS/c1-11-4-3-5-12(2)20(11)15-16(19-22-18-15)21-10-13-6-8-14(17)9-7-13/h6-9,11-12H,3-5,10H2,1-2H3. The average molecular weight is 321 g/mol. The lowest BCUT2D eigenvalue weighted by Gasteiger charge is -2.39. The summed E-state index contributed by atoms with van der Waals surface area (Å²) in [6.07, 6.45) is 3.58. The molecule has 2 unspecified atom stereocenters. The Labute approximate surface area is 134 Å². The maximum absolute atomic E-state index is 12.9. The number of hydrogen-bond donors (Lipinski definition) is 0. The maximum atomic E-state index is 12.9. The molecule has 0 amide bonds. The number of nitrogens with zero attached hydrogens (tertiary/aromatic N) is 3. The molecule has 1 aromatic carbocycles. The normalized spacial score (nSPS) is 21.9. The van der Waals surface area contributed by atoms with E-state index in [4.69, 9.17) is 4.74 Å². The largest absolute Gasteiger partial charge is 0.470 e. The molecule has 0 N–H and O–H groups in total. The van der Waals surface area contributed by atoms with Crippen LogP contribution in [-0.4, -0.2) is 20.8 Å². The second-order valence-electron chi connectivity index (χ2n) is 5.84. The highest BCUT2D eigenvalue weighted by Gasteiger charge is 2.29. The Balaban J connectivity index is 1.73. The molecular formula is C16H20FN3OS. The summed E-state index contributed by atoms with van der Waals surface area (Å²) >= 11 is 1.17. The molecule has 2 atom stereocenters. The van der Waals surface area contributed by atoms with Crippen LogP contribution in [0.5, 0.6) is 5.88 Å². The molecular weight excluding hydrogens is 301 g/mol. The summed E-state index contributed by atoms with van der Waals surface area (Å²) in [5.74, 6) is 1.18. The molecule has 1 saturated heterocycles. The quantitative estimate of drug-likeness (QED) is 0.852. The molecule has 118 valence electrons. The molecule has 0 bridgehead atoms. The lowest BCUT2D eigenvalue weighted by atomic mass is 9.98. The SMILES string of the molecule is CC1CCCC(C)N1c1nsnc1OCc1ccc(F)cc1. The molecule has 0 saturated carbocycles. The topological polar surface area (TPSA) is 38.2 Å². The van der Waals surface area contributed by atoms with Crippen LogP contribution in [0.25, 0.3) is 0 Å². The average Bonchev–Trinajstić information content (AvgIpc) is 2.95. The van der Waals surface area contributed by atoms with E-state index < -0.39 is 0 Å². The molecule has 22 heavy (non-hydrogen) atoms.